The smallest absolute Gasteiger partial charge is 0.328 e. The molecule has 0 radical (unpaired) electrons. The van der Waals surface area contributed by atoms with Gasteiger partial charge in [-0.05, 0) is 26.0 Å². The second-order valence-electron chi connectivity index (χ2n) is 4.93. The molecule has 1 aromatic carbocycles. The monoisotopic (exact) mass is 292 g/mol. The van der Waals surface area contributed by atoms with Crippen molar-refractivity contribution in [3.8, 4) is 0 Å². The molecule has 0 saturated carbocycles. The van der Waals surface area contributed by atoms with Gasteiger partial charge >= 0.3 is 5.97 Å². The zero-order valence-electron chi connectivity index (χ0n) is 11.7. The molecule has 0 aliphatic rings. The van der Waals surface area contributed by atoms with E-state index in [0.717, 1.165) is 5.56 Å². The van der Waals surface area contributed by atoms with Crippen molar-refractivity contribution in [3.63, 3.8) is 0 Å². The lowest BCUT2D eigenvalue weighted by Crippen LogP contribution is -2.48. The molecule has 1 aromatic heterocycles. The summed E-state index contributed by atoms with van der Waals surface area (Å²) in [7, 11) is 0. The first-order chi connectivity index (χ1) is 9.88. The van der Waals surface area contributed by atoms with E-state index >= 15 is 0 Å². The molecule has 0 spiro atoms. The molecule has 0 aliphatic carbocycles. The van der Waals surface area contributed by atoms with Gasteiger partial charge < -0.3 is 20.1 Å². The number of hydrogen-bond acceptors (Lipinski definition) is 5. The first-order valence-electron chi connectivity index (χ1n) is 6.43. The van der Waals surface area contributed by atoms with Crippen LogP contribution in [0.5, 0.6) is 0 Å². The number of carboxylic acids is 1. The Bertz CT molecular complexity index is 677. The van der Waals surface area contributed by atoms with Crippen molar-refractivity contribution in [1.82, 2.24) is 10.5 Å². The maximum atomic E-state index is 11.9. The van der Waals surface area contributed by atoms with Gasteiger partial charge in [0.25, 0.3) is 0 Å². The van der Waals surface area contributed by atoms with Gasteiger partial charge in [-0.15, -0.1) is 0 Å². The number of amides is 1. The Morgan fingerprint density at radius 2 is 2.14 bits per heavy atom. The Kier molecular flexibility index (Phi) is 4.23. The highest BCUT2D eigenvalue weighted by Crippen LogP contribution is 2.20. The molecular formula is C14H16N2O5. The number of aromatic nitrogens is 1. The molecule has 2 rings (SSSR count). The second kappa shape index (κ2) is 5.92. The number of hydrogen-bond donors (Lipinski definition) is 3. The average Bonchev–Trinajstić information content (AvgIpc) is 2.78. The SMILES string of the molecule is Cc1ccc2onc(CC(=O)NC(C(=O)O)C(C)O)c2c1. The van der Waals surface area contributed by atoms with E-state index in [2.05, 4.69) is 10.5 Å². The fourth-order valence-electron chi connectivity index (χ4n) is 2.00. The van der Waals surface area contributed by atoms with E-state index in [1.165, 1.54) is 6.92 Å². The lowest BCUT2D eigenvalue weighted by molar-refractivity contribution is -0.144. The van der Waals surface area contributed by atoms with E-state index in [1.807, 2.05) is 19.1 Å². The first kappa shape index (κ1) is 15.0. The summed E-state index contributed by atoms with van der Waals surface area (Å²) in [5.41, 5.74) is 1.99. The maximum absolute atomic E-state index is 11.9. The molecule has 3 N–H and O–H groups in total. The summed E-state index contributed by atoms with van der Waals surface area (Å²) >= 11 is 0. The molecule has 2 atom stereocenters. The van der Waals surface area contributed by atoms with Gasteiger partial charge in [0.05, 0.1) is 12.5 Å². The van der Waals surface area contributed by atoms with Gasteiger partial charge in [0, 0.05) is 5.39 Å². The van der Waals surface area contributed by atoms with Crippen LogP contribution in [0.4, 0.5) is 0 Å². The summed E-state index contributed by atoms with van der Waals surface area (Å²) in [6, 6.07) is 4.12. The van der Waals surface area contributed by atoms with Crippen molar-refractivity contribution in [2.45, 2.75) is 32.4 Å². The molecule has 2 aromatic rings. The molecule has 7 nitrogen and oxygen atoms in total. The number of carbonyl (C=O) groups excluding carboxylic acids is 1. The number of carbonyl (C=O) groups is 2. The summed E-state index contributed by atoms with van der Waals surface area (Å²) in [5.74, 6) is -1.83. The predicted molar refractivity (Wildman–Crippen MR) is 73.7 cm³/mol. The molecule has 112 valence electrons. The number of rotatable bonds is 5. The number of fused-ring (bicyclic) bond motifs is 1. The number of aryl methyl sites for hydroxylation is 1. The van der Waals surface area contributed by atoms with Crippen LogP contribution in [-0.2, 0) is 16.0 Å². The number of aliphatic hydroxyl groups is 1. The predicted octanol–water partition coefficient (Wildman–Crippen LogP) is 0.629. The summed E-state index contributed by atoms with van der Waals surface area (Å²) in [6.07, 6.45) is -1.31. The highest BCUT2D eigenvalue weighted by Gasteiger charge is 2.25. The van der Waals surface area contributed by atoms with Crippen molar-refractivity contribution >= 4 is 22.8 Å². The Labute approximate surface area is 120 Å². The first-order valence-corrected chi connectivity index (χ1v) is 6.43. The fraction of sp³-hybridized carbons (Fsp3) is 0.357. The van der Waals surface area contributed by atoms with Gasteiger partial charge in [0.1, 0.15) is 5.69 Å². The van der Waals surface area contributed by atoms with E-state index in [-0.39, 0.29) is 6.42 Å². The highest BCUT2D eigenvalue weighted by atomic mass is 16.5. The zero-order chi connectivity index (χ0) is 15.6. The minimum Gasteiger partial charge on any atom is -0.480 e. The molecule has 21 heavy (non-hydrogen) atoms. The topological polar surface area (TPSA) is 113 Å². The molecule has 2 unspecified atom stereocenters. The standard InChI is InChI=1S/C14H16N2O5/c1-7-3-4-11-9(5-7)10(16-21-11)6-12(18)15-13(8(2)17)14(19)20/h3-5,8,13,17H,6H2,1-2H3,(H,15,18)(H,19,20). The third kappa shape index (κ3) is 3.38. The average molecular weight is 292 g/mol. The molecule has 7 heteroatoms. The van der Waals surface area contributed by atoms with Crippen molar-refractivity contribution in [2.24, 2.45) is 0 Å². The second-order valence-corrected chi connectivity index (χ2v) is 4.93. The van der Waals surface area contributed by atoms with Gasteiger partial charge in [-0.1, -0.05) is 16.8 Å². The molecule has 1 amide bonds. The summed E-state index contributed by atoms with van der Waals surface area (Å²) in [4.78, 5) is 22.8. The van der Waals surface area contributed by atoms with Gasteiger partial charge in [-0.3, -0.25) is 4.79 Å². The fourth-order valence-corrected chi connectivity index (χ4v) is 2.00. The van der Waals surface area contributed by atoms with E-state index in [9.17, 15) is 14.7 Å². The van der Waals surface area contributed by atoms with Crippen molar-refractivity contribution in [3.05, 3.63) is 29.5 Å². The normalized spacial score (nSPS) is 13.9. The summed E-state index contributed by atoms with van der Waals surface area (Å²) in [6.45, 7) is 3.21. The van der Waals surface area contributed by atoms with E-state index < -0.39 is 24.0 Å². The molecule has 0 bridgehead atoms. The summed E-state index contributed by atoms with van der Waals surface area (Å²) < 4.78 is 5.11. The molecular weight excluding hydrogens is 276 g/mol. The molecule has 0 aliphatic heterocycles. The van der Waals surface area contributed by atoms with Crippen molar-refractivity contribution in [2.75, 3.05) is 0 Å². The Hall–Kier alpha value is -2.41. The maximum Gasteiger partial charge on any atom is 0.328 e. The van der Waals surface area contributed by atoms with Crippen molar-refractivity contribution < 1.29 is 24.3 Å². The van der Waals surface area contributed by atoms with Gasteiger partial charge in [-0.2, -0.15) is 0 Å². The number of benzene rings is 1. The van der Waals surface area contributed by atoms with E-state index in [4.69, 9.17) is 9.63 Å². The number of nitrogens with one attached hydrogen (secondary N) is 1. The van der Waals surface area contributed by atoms with E-state index in [1.54, 1.807) is 6.07 Å². The van der Waals surface area contributed by atoms with E-state index in [0.29, 0.717) is 16.7 Å². The third-order valence-electron chi connectivity index (χ3n) is 3.09. The van der Waals surface area contributed by atoms with Crippen LogP contribution in [0.25, 0.3) is 11.0 Å². The van der Waals surface area contributed by atoms with Gasteiger partial charge in [0.2, 0.25) is 5.91 Å². The lowest BCUT2D eigenvalue weighted by atomic mass is 10.1. The molecule has 1 heterocycles. The molecule has 0 saturated heterocycles. The Morgan fingerprint density at radius 1 is 1.43 bits per heavy atom. The van der Waals surface area contributed by atoms with Crippen LogP contribution in [0.15, 0.2) is 22.7 Å². The van der Waals surface area contributed by atoms with Crippen LogP contribution < -0.4 is 5.32 Å². The largest absolute Gasteiger partial charge is 0.480 e. The molecule has 0 fully saturated rings. The van der Waals surface area contributed by atoms with Crippen LogP contribution in [0.3, 0.4) is 0 Å². The van der Waals surface area contributed by atoms with Crippen LogP contribution in [0, 0.1) is 6.92 Å². The zero-order valence-corrected chi connectivity index (χ0v) is 11.7. The Balaban J connectivity index is 2.14. The van der Waals surface area contributed by atoms with Crippen molar-refractivity contribution in [1.29, 1.82) is 0 Å². The van der Waals surface area contributed by atoms with Crippen LogP contribution in [-0.4, -0.2) is 39.4 Å². The minimum atomic E-state index is -1.35. The van der Waals surface area contributed by atoms with Crippen LogP contribution in [0.2, 0.25) is 0 Å². The number of aliphatic hydroxyl groups excluding tert-OH is 1. The number of aliphatic carboxylic acids is 1. The highest BCUT2D eigenvalue weighted by molar-refractivity contribution is 5.89. The third-order valence-corrected chi connectivity index (χ3v) is 3.09. The summed E-state index contributed by atoms with van der Waals surface area (Å²) in [5, 5.41) is 25.1. The number of carboxylic acid groups (broad SMARTS) is 1. The van der Waals surface area contributed by atoms with Gasteiger partial charge in [-0.25, -0.2) is 4.79 Å². The quantitative estimate of drug-likeness (QED) is 0.745. The van der Waals surface area contributed by atoms with Crippen LogP contribution in [0.1, 0.15) is 18.2 Å². The van der Waals surface area contributed by atoms with Gasteiger partial charge in [0.15, 0.2) is 11.6 Å². The van der Waals surface area contributed by atoms with Crippen LogP contribution >= 0.6 is 0 Å². The number of nitrogens with zero attached hydrogens (tertiary/aromatic N) is 1. The Morgan fingerprint density at radius 3 is 2.76 bits per heavy atom. The minimum absolute atomic E-state index is 0.118. The lowest BCUT2D eigenvalue weighted by Gasteiger charge is -2.16.